The van der Waals surface area contributed by atoms with Crippen molar-refractivity contribution >= 4 is 34.7 Å². The van der Waals surface area contributed by atoms with Gasteiger partial charge in [0.2, 0.25) is 5.91 Å². The molecule has 38 heavy (non-hydrogen) atoms. The molecule has 1 saturated carbocycles. The molecule has 0 radical (unpaired) electrons. The molecular formula is C26H30F2N8O2. The van der Waals surface area contributed by atoms with Crippen molar-refractivity contribution in [2.24, 2.45) is 11.8 Å². The third kappa shape index (κ3) is 4.41. The Kier molecular flexibility index (Phi) is 6.32. The van der Waals surface area contributed by atoms with E-state index in [-0.39, 0.29) is 40.2 Å². The number of carbonyl (C=O) groups is 2. The highest BCUT2D eigenvalue weighted by atomic mass is 19.1. The number of nitrogens with zero attached hydrogens (tertiary/aromatic N) is 6. The second kappa shape index (κ2) is 9.80. The fourth-order valence-corrected chi connectivity index (χ4v) is 6.30. The third-order valence-electron chi connectivity index (χ3n) is 8.29. The van der Waals surface area contributed by atoms with Crippen LogP contribution in [0.3, 0.4) is 0 Å². The Hall–Kier alpha value is -3.83. The molecule has 4 fully saturated rings. The standard InChI is InChI=1S/C26H30F2N8O2/c27-17-11-31-24-21(23(29)33-36(24)14-17)25(37)32-20-13-30-12-19(28)22(20)34-8-6-16(7-9-34)26(38)35-10-5-15-1-3-18(35)4-2-15/h11-16,18H,1-10H2,(H2,29,33)(H,32,37). The van der Waals surface area contributed by atoms with Gasteiger partial charge in [-0.05, 0) is 50.9 Å². The average Bonchev–Trinajstić information content (AvgIpc) is 3.03. The number of nitrogens with one attached hydrogen (secondary N) is 1. The van der Waals surface area contributed by atoms with Crippen molar-refractivity contribution in [3.05, 3.63) is 42.0 Å². The number of nitrogen functional groups attached to an aromatic ring is 1. The molecule has 0 unspecified atom stereocenters. The van der Waals surface area contributed by atoms with Crippen LogP contribution in [0.1, 0.15) is 55.3 Å². The van der Waals surface area contributed by atoms with Crippen molar-refractivity contribution in [2.45, 2.75) is 51.0 Å². The zero-order chi connectivity index (χ0) is 26.4. The second-order valence-corrected chi connectivity index (χ2v) is 10.5. The predicted octanol–water partition coefficient (Wildman–Crippen LogP) is 3.24. The summed E-state index contributed by atoms with van der Waals surface area (Å²) in [7, 11) is 0. The van der Waals surface area contributed by atoms with E-state index >= 15 is 4.39 Å². The number of piperidine rings is 1. The van der Waals surface area contributed by atoms with E-state index in [1.54, 1.807) is 0 Å². The maximum absolute atomic E-state index is 15.1. The van der Waals surface area contributed by atoms with E-state index in [2.05, 4.69) is 25.3 Å². The highest BCUT2D eigenvalue weighted by Crippen LogP contribution is 2.37. The number of rotatable bonds is 4. The first kappa shape index (κ1) is 24.5. The van der Waals surface area contributed by atoms with E-state index in [0.29, 0.717) is 32.0 Å². The Bertz CT molecular complexity index is 1380. The minimum Gasteiger partial charge on any atom is -0.381 e. The molecule has 2 amide bonds. The summed E-state index contributed by atoms with van der Waals surface area (Å²) < 4.78 is 29.7. The largest absolute Gasteiger partial charge is 0.381 e. The molecule has 12 heteroatoms. The van der Waals surface area contributed by atoms with Gasteiger partial charge in [-0.25, -0.2) is 18.3 Å². The van der Waals surface area contributed by atoms with Crippen LogP contribution in [0.4, 0.5) is 26.0 Å². The number of amides is 2. The predicted molar refractivity (Wildman–Crippen MR) is 137 cm³/mol. The number of hydrogen-bond donors (Lipinski definition) is 2. The lowest BCUT2D eigenvalue weighted by molar-refractivity contribution is -0.138. The molecule has 3 aliphatic heterocycles. The molecule has 2 bridgehead atoms. The van der Waals surface area contributed by atoms with Crippen LogP contribution in [0, 0.1) is 23.5 Å². The number of pyridine rings is 1. The van der Waals surface area contributed by atoms with Gasteiger partial charge >= 0.3 is 0 Å². The summed E-state index contributed by atoms with van der Waals surface area (Å²) in [5.74, 6) is -1.11. The number of aromatic nitrogens is 4. The zero-order valence-corrected chi connectivity index (χ0v) is 20.9. The van der Waals surface area contributed by atoms with Crippen LogP contribution in [0.25, 0.3) is 5.65 Å². The van der Waals surface area contributed by atoms with Gasteiger partial charge in [0, 0.05) is 31.6 Å². The molecule has 10 nitrogen and oxygen atoms in total. The van der Waals surface area contributed by atoms with Crippen molar-refractivity contribution in [2.75, 3.05) is 35.6 Å². The summed E-state index contributed by atoms with van der Waals surface area (Å²) in [4.78, 5) is 38.4. The summed E-state index contributed by atoms with van der Waals surface area (Å²) in [6, 6.07) is 0.358. The number of halogens is 2. The maximum Gasteiger partial charge on any atom is 0.263 e. The fraction of sp³-hybridized carbons (Fsp3) is 0.500. The molecule has 0 aromatic carbocycles. The summed E-state index contributed by atoms with van der Waals surface area (Å²) in [6.45, 7) is 1.79. The van der Waals surface area contributed by atoms with Crippen molar-refractivity contribution in [3.8, 4) is 0 Å². The molecule has 200 valence electrons. The normalized spacial score (nSPS) is 22.1. The van der Waals surface area contributed by atoms with Crippen molar-refractivity contribution in [1.29, 1.82) is 0 Å². The van der Waals surface area contributed by atoms with E-state index in [0.717, 1.165) is 54.8 Å². The lowest BCUT2D eigenvalue weighted by Crippen LogP contribution is -2.46. The lowest BCUT2D eigenvalue weighted by Gasteiger charge is -2.38. The quantitative estimate of drug-likeness (QED) is 0.537. The van der Waals surface area contributed by atoms with E-state index in [1.165, 1.54) is 19.0 Å². The van der Waals surface area contributed by atoms with Crippen LogP contribution in [0.5, 0.6) is 0 Å². The van der Waals surface area contributed by atoms with Crippen LogP contribution >= 0.6 is 0 Å². The van der Waals surface area contributed by atoms with Gasteiger partial charge in [-0.1, -0.05) is 0 Å². The molecule has 0 spiro atoms. The van der Waals surface area contributed by atoms with Gasteiger partial charge in [0.1, 0.15) is 11.3 Å². The Morgan fingerprint density at radius 3 is 2.50 bits per heavy atom. The smallest absolute Gasteiger partial charge is 0.263 e. The maximum atomic E-state index is 15.1. The number of fused-ring (bicyclic) bond motifs is 5. The van der Waals surface area contributed by atoms with Gasteiger partial charge in [0.25, 0.3) is 5.91 Å². The van der Waals surface area contributed by atoms with E-state index < -0.39 is 17.5 Å². The molecule has 6 heterocycles. The summed E-state index contributed by atoms with van der Waals surface area (Å²) in [6.07, 6.45) is 11.4. The minimum absolute atomic E-state index is 0.0453. The van der Waals surface area contributed by atoms with Gasteiger partial charge in [-0.15, -0.1) is 5.10 Å². The molecule has 4 aliphatic rings. The topological polar surface area (TPSA) is 122 Å². The minimum atomic E-state index is -0.661. The number of nitrogens with two attached hydrogens (primary N) is 1. The molecule has 3 N–H and O–H groups in total. The van der Waals surface area contributed by atoms with Gasteiger partial charge in [-0.2, -0.15) is 0 Å². The first-order valence-corrected chi connectivity index (χ1v) is 13.2. The van der Waals surface area contributed by atoms with Crippen molar-refractivity contribution < 1.29 is 18.4 Å². The molecule has 3 aromatic rings. The average molecular weight is 525 g/mol. The third-order valence-corrected chi connectivity index (χ3v) is 8.29. The highest BCUT2D eigenvalue weighted by molar-refractivity contribution is 6.12. The fourth-order valence-electron chi connectivity index (χ4n) is 6.30. The summed E-state index contributed by atoms with van der Waals surface area (Å²) in [5, 5.41) is 6.63. The molecular weight excluding hydrogens is 494 g/mol. The van der Waals surface area contributed by atoms with Crippen molar-refractivity contribution in [1.82, 2.24) is 24.5 Å². The molecule has 7 rings (SSSR count). The monoisotopic (exact) mass is 524 g/mol. The van der Waals surface area contributed by atoms with Crippen LogP contribution in [0.2, 0.25) is 0 Å². The SMILES string of the molecule is Nc1nn2cc(F)cnc2c1C(=O)Nc1cncc(F)c1N1CCC(C(=O)N2CCC3CCC2CC3)CC1. The first-order chi connectivity index (χ1) is 18.4. The number of anilines is 3. The first-order valence-electron chi connectivity index (χ1n) is 13.2. The van der Waals surface area contributed by atoms with Crippen LogP contribution in [-0.4, -0.2) is 62.0 Å². The van der Waals surface area contributed by atoms with Crippen LogP contribution < -0.4 is 16.0 Å². The van der Waals surface area contributed by atoms with Crippen LogP contribution in [-0.2, 0) is 4.79 Å². The Morgan fingerprint density at radius 2 is 1.74 bits per heavy atom. The Labute approximate surface area is 218 Å². The van der Waals surface area contributed by atoms with Gasteiger partial charge in [0.15, 0.2) is 23.1 Å². The number of hydrogen-bond acceptors (Lipinski definition) is 7. The lowest BCUT2D eigenvalue weighted by atomic mass is 9.86. The zero-order valence-electron chi connectivity index (χ0n) is 20.9. The van der Waals surface area contributed by atoms with E-state index in [1.807, 2.05) is 4.90 Å². The van der Waals surface area contributed by atoms with Crippen LogP contribution in [0.15, 0.2) is 24.8 Å². The molecule has 3 saturated heterocycles. The summed E-state index contributed by atoms with van der Waals surface area (Å²) in [5.41, 5.74) is 6.33. The molecule has 0 atom stereocenters. The van der Waals surface area contributed by atoms with E-state index in [9.17, 15) is 14.0 Å². The molecule has 3 aromatic heterocycles. The van der Waals surface area contributed by atoms with E-state index in [4.69, 9.17) is 5.73 Å². The van der Waals surface area contributed by atoms with Gasteiger partial charge in [0.05, 0.1) is 30.5 Å². The van der Waals surface area contributed by atoms with Crippen molar-refractivity contribution in [3.63, 3.8) is 0 Å². The second-order valence-electron chi connectivity index (χ2n) is 10.5. The molecule has 1 aliphatic carbocycles. The van der Waals surface area contributed by atoms with Gasteiger partial charge in [-0.3, -0.25) is 14.6 Å². The highest BCUT2D eigenvalue weighted by Gasteiger charge is 2.37. The Balaban J connectivity index is 1.18. The number of carbonyl (C=O) groups excluding carboxylic acids is 2. The Morgan fingerprint density at radius 1 is 0.974 bits per heavy atom. The summed E-state index contributed by atoms with van der Waals surface area (Å²) >= 11 is 0. The van der Waals surface area contributed by atoms with Gasteiger partial charge < -0.3 is 20.9 Å².